The van der Waals surface area contributed by atoms with Crippen LogP contribution in [-0.4, -0.2) is 22.4 Å². The topological polar surface area (TPSA) is 63.1 Å². The summed E-state index contributed by atoms with van der Waals surface area (Å²) in [6, 6.07) is 3.42. The first kappa shape index (κ1) is 15.3. The number of hydrogen-bond acceptors (Lipinski definition) is 2. The SMILES string of the molecule is CC[C@H](C)[C@H](NC(C)=O)C(=O)NCc1cccn1C. The first-order chi connectivity index (χ1) is 8.95. The fourth-order valence-electron chi connectivity index (χ4n) is 1.89. The number of nitrogens with zero attached hydrogens (tertiary/aromatic N) is 1. The Labute approximate surface area is 114 Å². The molecule has 1 aromatic heterocycles. The van der Waals surface area contributed by atoms with Crippen molar-refractivity contribution in [3.05, 3.63) is 24.0 Å². The molecule has 19 heavy (non-hydrogen) atoms. The summed E-state index contributed by atoms with van der Waals surface area (Å²) in [5, 5.41) is 5.59. The minimum absolute atomic E-state index is 0.109. The van der Waals surface area contributed by atoms with Crippen molar-refractivity contribution in [2.75, 3.05) is 0 Å². The number of rotatable bonds is 6. The van der Waals surface area contributed by atoms with E-state index in [1.807, 2.05) is 43.8 Å². The Kier molecular flexibility index (Phi) is 5.60. The highest BCUT2D eigenvalue weighted by Crippen LogP contribution is 2.08. The van der Waals surface area contributed by atoms with Gasteiger partial charge in [-0.25, -0.2) is 0 Å². The fourth-order valence-corrected chi connectivity index (χ4v) is 1.89. The van der Waals surface area contributed by atoms with Gasteiger partial charge in [0.15, 0.2) is 0 Å². The van der Waals surface area contributed by atoms with Gasteiger partial charge in [-0.2, -0.15) is 0 Å². The van der Waals surface area contributed by atoms with Crippen LogP contribution in [0.3, 0.4) is 0 Å². The van der Waals surface area contributed by atoms with Crippen molar-refractivity contribution in [1.82, 2.24) is 15.2 Å². The maximum Gasteiger partial charge on any atom is 0.243 e. The summed E-state index contributed by atoms with van der Waals surface area (Å²) >= 11 is 0. The van der Waals surface area contributed by atoms with Crippen molar-refractivity contribution in [2.24, 2.45) is 13.0 Å². The number of carbonyl (C=O) groups is 2. The number of carbonyl (C=O) groups excluding carboxylic acids is 2. The summed E-state index contributed by atoms with van der Waals surface area (Å²) in [5.41, 5.74) is 1.03. The maximum absolute atomic E-state index is 12.2. The van der Waals surface area contributed by atoms with Crippen LogP contribution in [0.1, 0.15) is 32.9 Å². The Morgan fingerprint density at radius 3 is 2.58 bits per heavy atom. The molecule has 1 rings (SSSR count). The second kappa shape index (κ2) is 6.97. The van der Waals surface area contributed by atoms with E-state index in [9.17, 15) is 9.59 Å². The van der Waals surface area contributed by atoms with Crippen LogP contribution in [0.25, 0.3) is 0 Å². The lowest BCUT2D eigenvalue weighted by atomic mass is 9.98. The number of aromatic nitrogens is 1. The highest BCUT2D eigenvalue weighted by Gasteiger charge is 2.24. The van der Waals surface area contributed by atoms with Crippen LogP contribution >= 0.6 is 0 Å². The molecule has 0 aromatic carbocycles. The quantitative estimate of drug-likeness (QED) is 0.811. The number of hydrogen-bond donors (Lipinski definition) is 2. The van der Waals surface area contributed by atoms with E-state index >= 15 is 0 Å². The molecular weight excluding hydrogens is 242 g/mol. The van der Waals surface area contributed by atoms with Gasteiger partial charge < -0.3 is 15.2 Å². The molecule has 0 aliphatic rings. The minimum atomic E-state index is -0.470. The van der Waals surface area contributed by atoms with Gasteiger partial charge in [-0.05, 0) is 18.1 Å². The number of amides is 2. The molecule has 2 N–H and O–H groups in total. The van der Waals surface area contributed by atoms with Gasteiger partial charge in [0, 0.05) is 25.9 Å². The Morgan fingerprint density at radius 1 is 1.42 bits per heavy atom. The lowest BCUT2D eigenvalue weighted by Crippen LogP contribution is -2.49. The van der Waals surface area contributed by atoms with Crippen molar-refractivity contribution in [1.29, 1.82) is 0 Å². The lowest BCUT2D eigenvalue weighted by molar-refractivity contribution is -0.129. The molecule has 5 nitrogen and oxygen atoms in total. The van der Waals surface area contributed by atoms with E-state index in [2.05, 4.69) is 10.6 Å². The molecule has 1 heterocycles. The zero-order chi connectivity index (χ0) is 14.4. The molecule has 0 fully saturated rings. The monoisotopic (exact) mass is 265 g/mol. The second-order valence-corrected chi connectivity index (χ2v) is 4.89. The van der Waals surface area contributed by atoms with Crippen LogP contribution in [-0.2, 0) is 23.2 Å². The van der Waals surface area contributed by atoms with Crippen molar-refractivity contribution in [3.8, 4) is 0 Å². The van der Waals surface area contributed by atoms with E-state index in [0.29, 0.717) is 6.54 Å². The van der Waals surface area contributed by atoms with Gasteiger partial charge >= 0.3 is 0 Å². The Bertz CT molecular complexity index is 440. The first-order valence-electron chi connectivity index (χ1n) is 6.60. The number of aryl methyl sites for hydroxylation is 1. The van der Waals surface area contributed by atoms with Gasteiger partial charge in [-0.1, -0.05) is 20.3 Å². The Morgan fingerprint density at radius 2 is 2.11 bits per heavy atom. The molecular formula is C14H23N3O2. The molecule has 0 bridgehead atoms. The van der Waals surface area contributed by atoms with Crippen LogP contribution in [0.4, 0.5) is 0 Å². The largest absolute Gasteiger partial charge is 0.353 e. The van der Waals surface area contributed by atoms with E-state index in [-0.39, 0.29) is 17.7 Å². The van der Waals surface area contributed by atoms with E-state index in [4.69, 9.17) is 0 Å². The standard InChI is InChI=1S/C14H23N3O2/c1-5-10(2)13(16-11(3)18)14(19)15-9-12-7-6-8-17(12)4/h6-8,10,13H,5,9H2,1-4H3,(H,15,19)(H,16,18)/t10-,13-/m0/s1. The smallest absolute Gasteiger partial charge is 0.243 e. The van der Waals surface area contributed by atoms with Crippen molar-refractivity contribution in [3.63, 3.8) is 0 Å². The van der Waals surface area contributed by atoms with Crippen LogP contribution in [0, 0.1) is 5.92 Å². The van der Waals surface area contributed by atoms with Gasteiger partial charge in [0.05, 0.1) is 6.54 Å². The minimum Gasteiger partial charge on any atom is -0.353 e. The van der Waals surface area contributed by atoms with Crippen LogP contribution < -0.4 is 10.6 Å². The second-order valence-electron chi connectivity index (χ2n) is 4.89. The van der Waals surface area contributed by atoms with Crippen molar-refractivity contribution < 1.29 is 9.59 Å². The molecule has 0 saturated heterocycles. The third-order valence-electron chi connectivity index (χ3n) is 3.35. The van der Waals surface area contributed by atoms with Gasteiger partial charge in [-0.3, -0.25) is 9.59 Å². The number of nitrogens with one attached hydrogen (secondary N) is 2. The Hall–Kier alpha value is -1.78. The van der Waals surface area contributed by atoms with Crippen LogP contribution in [0.15, 0.2) is 18.3 Å². The highest BCUT2D eigenvalue weighted by molar-refractivity contribution is 5.87. The third kappa shape index (κ3) is 4.43. The summed E-state index contributed by atoms with van der Waals surface area (Å²) < 4.78 is 1.96. The molecule has 5 heteroatoms. The van der Waals surface area contributed by atoms with Gasteiger partial charge in [0.2, 0.25) is 11.8 Å². The average molecular weight is 265 g/mol. The summed E-state index contributed by atoms with van der Waals surface area (Å²) in [6.45, 7) is 5.86. The van der Waals surface area contributed by atoms with Gasteiger partial charge in [0.1, 0.15) is 6.04 Å². The third-order valence-corrected chi connectivity index (χ3v) is 3.35. The van der Waals surface area contributed by atoms with E-state index < -0.39 is 6.04 Å². The predicted molar refractivity (Wildman–Crippen MR) is 74.3 cm³/mol. The zero-order valence-electron chi connectivity index (χ0n) is 12.1. The summed E-state index contributed by atoms with van der Waals surface area (Å²) in [4.78, 5) is 23.3. The fraction of sp³-hybridized carbons (Fsp3) is 0.571. The summed E-state index contributed by atoms with van der Waals surface area (Å²) in [6.07, 6.45) is 2.77. The average Bonchev–Trinajstić information content (AvgIpc) is 2.77. The van der Waals surface area contributed by atoms with E-state index in [1.165, 1.54) is 6.92 Å². The van der Waals surface area contributed by atoms with E-state index in [1.54, 1.807) is 0 Å². The molecule has 0 aliphatic heterocycles. The van der Waals surface area contributed by atoms with Gasteiger partial charge in [0.25, 0.3) is 0 Å². The normalized spacial score (nSPS) is 13.7. The molecule has 0 aliphatic carbocycles. The highest BCUT2D eigenvalue weighted by atomic mass is 16.2. The lowest BCUT2D eigenvalue weighted by Gasteiger charge is -2.22. The molecule has 2 atom stereocenters. The molecule has 0 spiro atoms. The predicted octanol–water partition coefficient (Wildman–Crippen LogP) is 1.19. The first-order valence-corrected chi connectivity index (χ1v) is 6.60. The molecule has 0 radical (unpaired) electrons. The zero-order valence-corrected chi connectivity index (χ0v) is 12.1. The summed E-state index contributed by atoms with van der Waals surface area (Å²) in [5.74, 6) is -0.206. The summed E-state index contributed by atoms with van der Waals surface area (Å²) in [7, 11) is 1.93. The van der Waals surface area contributed by atoms with Crippen molar-refractivity contribution in [2.45, 2.75) is 39.8 Å². The van der Waals surface area contributed by atoms with Crippen molar-refractivity contribution >= 4 is 11.8 Å². The Balaban J connectivity index is 2.61. The molecule has 0 unspecified atom stereocenters. The molecule has 0 saturated carbocycles. The van der Waals surface area contributed by atoms with Gasteiger partial charge in [-0.15, -0.1) is 0 Å². The maximum atomic E-state index is 12.2. The molecule has 1 aromatic rings. The van der Waals surface area contributed by atoms with Crippen LogP contribution in [0.5, 0.6) is 0 Å². The molecule has 2 amide bonds. The van der Waals surface area contributed by atoms with Crippen LogP contribution in [0.2, 0.25) is 0 Å². The molecule has 106 valence electrons. The van der Waals surface area contributed by atoms with E-state index in [0.717, 1.165) is 12.1 Å².